The molecule has 1 unspecified atom stereocenters. The third kappa shape index (κ3) is 4.91. The minimum atomic E-state index is -4.33. The molecule has 0 bridgehead atoms. The van der Waals surface area contributed by atoms with E-state index in [2.05, 4.69) is 0 Å². The number of ether oxygens (including phenoxy) is 1. The predicted octanol–water partition coefficient (Wildman–Crippen LogP) is 1.60. The average molecular weight is 310 g/mol. The van der Waals surface area contributed by atoms with Crippen molar-refractivity contribution in [3.8, 4) is 0 Å². The number of halogens is 4. The van der Waals surface area contributed by atoms with E-state index in [1.54, 1.807) is 0 Å². The van der Waals surface area contributed by atoms with E-state index < -0.39 is 40.8 Å². The summed E-state index contributed by atoms with van der Waals surface area (Å²) < 4.78 is 65.9. The molecule has 1 rings (SSSR count). The topological polar surface area (TPSA) is 46.6 Å². The highest BCUT2D eigenvalue weighted by molar-refractivity contribution is 7.89. The smallest absolute Gasteiger partial charge is 0.378 e. The molecule has 0 spiro atoms. The van der Waals surface area contributed by atoms with Gasteiger partial charge in [-0.1, -0.05) is 0 Å². The van der Waals surface area contributed by atoms with E-state index >= 15 is 0 Å². The molecular formula is C9H15ClF3NO3S. The van der Waals surface area contributed by atoms with Gasteiger partial charge in [0.05, 0.1) is 25.0 Å². The number of morpholine rings is 1. The zero-order chi connectivity index (χ0) is 13.8. The van der Waals surface area contributed by atoms with Crippen molar-refractivity contribution < 1.29 is 26.3 Å². The van der Waals surface area contributed by atoms with Crippen LogP contribution in [0.4, 0.5) is 13.2 Å². The van der Waals surface area contributed by atoms with Crippen molar-refractivity contribution in [2.24, 2.45) is 0 Å². The van der Waals surface area contributed by atoms with E-state index in [0.717, 1.165) is 4.31 Å². The van der Waals surface area contributed by atoms with Gasteiger partial charge in [-0.25, -0.2) is 8.42 Å². The molecule has 0 radical (unpaired) electrons. The summed E-state index contributed by atoms with van der Waals surface area (Å²) in [6.07, 6.45) is -5.85. The van der Waals surface area contributed by atoms with E-state index in [0.29, 0.717) is 0 Å². The van der Waals surface area contributed by atoms with Gasteiger partial charge in [-0.05, 0) is 6.42 Å². The highest BCUT2D eigenvalue weighted by Gasteiger charge is 2.33. The van der Waals surface area contributed by atoms with Crippen LogP contribution in [0.1, 0.15) is 12.8 Å². The zero-order valence-electron chi connectivity index (χ0n) is 9.62. The van der Waals surface area contributed by atoms with E-state index in [-0.39, 0.29) is 25.6 Å². The Morgan fingerprint density at radius 3 is 2.61 bits per heavy atom. The van der Waals surface area contributed by atoms with Gasteiger partial charge in [0.25, 0.3) is 0 Å². The third-order valence-electron chi connectivity index (χ3n) is 2.57. The van der Waals surface area contributed by atoms with Gasteiger partial charge in [-0.3, -0.25) is 0 Å². The molecular weight excluding hydrogens is 295 g/mol. The quantitative estimate of drug-likeness (QED) is 0.725. The lowest BCUT2D eigenvalue weighted by molar-refractivity contribution is -0.134. The fourth-order valence-electron chi connectivity index (χ4n) is 1.70. The summed E-state index contributed by atoms with van der Waals surface area (Å²) in [6, 6.07) is -0.490. The average Bonchev–Trinajstić information content (AvgIpc) is 2.27. The molecule has 18 heavy (non-hydrogen) atoms. The second-order valence-electron chi connectivity index (χ2n) is 4.03. The summed E-state index contributed by atoms with van der Waals surface area (Å²) in [4.78, 5) is 0. The summed E-state index contributed by atoms with van der Waals surface area (Å²) in [5.41, 5.74) is 0. The number of hydrogen-bond donors (Lipinski definition) is 0. The van der Waals surface area contributed by atoms with Crippen LogP contribution in [0.25, 0.3) is 0 Å². The summed E-state index contributed by atoms with van der Waals surface area (Å²) in [6.45, 7) is 0.569. The highest BCUT2D eigenvalue weighted by atomic mass is 35.5. The third-order valence-corrected chi connectivity index (χ3v) is 4.93. The lowest BCUT2D eigenvalue weighted by Crippen LogP contribution is -2.50. The number of sulfonamides is 1. The van der Waals surface area contributed by atoms with Crippen LogP contribution in [0.15, 0.2) is 0 Å². The van der Waals surface area contributed by atoms with Gasteiger partial charge >= 0.3 is 6.18 Å². The Balaban J connectivity index is 2.56. The van der Waals surface area contributed by atoms with Gasteiger partial charge in [-0.15, -0.1) is 11.6 Å². The van der Waals surface area contributed by atoms with Crippen LogP contribution in [0.5, 0.6) is 0 Å². The van der Waals surface area contributed by atoms with Crippen LogP contribution in [0.2, 0.25) is 0 Å². The van der Waals surface area contributed by atoms with Gasteiger partial charge in [0, 0.05) is 18.8 Å². The molecule has 108 valence electrons. The number of rotatable bonds is 5. The molecule has 4 nitrogen and oxygen atoms in total. The summed E-state index contributed by atoms with van der Waals surface area (Å²) in [5, 5.41) is 0. The van der Waals surface area contributed by atoms with E-state index in [4.69, 9.17) is 16.3 Å². The molecule has 0 aromatic carbocycles. The molecule has 1 aliphatic heterocycles. The van der Waals surface area contributed by atoms with Gasteiger partial charge < -0.3 is 4.74 Å². The normalized spacial score (nSPS) is 23.2. The molecule has 0 amide bonds. The van der Waals surface area contributed by atoms with Gasteiger partial charge in [0.15, 0.2) is 0 Å². The summed E-state index contributed by atoms with van der Waals surface area (Å²) in [7, 11) is -3.70. The Hall–Kier alpha value is -0.0500. The number of nitrogens with zero attached hydrogens (tertiary/aromatic N) is 1. The summed E-state index contributed by atoms with van der Waals surface area (Å²) >= 11 is 5.62. The lowest BCUT2D eigenvalue weighted by Gasteiger charge is -2.33. The van der Waals surface area contributed by atoms with E-state index in [1.165, 1.54) is 0 Å². The van der Waals surface area contributed by atoms with Crippen molar-refractivity contribution in [1.29, 1.82) is 0 Å². The number of alkyl halides is 4. The molecule has 9 heteroatoms. The molecule has 0 N–H and O–H groups in total. The monoisotopic (exact) mass is 309 g/mol. The minimum absolute atomic E-state index is 0.0680. The maximum atomic E-state index is 12.0. The molecule has 1 fully saturated rings. The van der Waals surface area contributed by atoms with Crippen molar-refractivity contribution in [2.75, 3.05) is 31.4 Å². The largest absolute Gasteiger partial charge is 0.389 e. The zero-order valence-corrected chi connectivity index (χ0v) is 11.2. The Bertz CT molecular complexity index is 361. The first-order valence-electron chi connectivity index (χ1n) is 5.46. The van der Waals surface area contributed by atoms with E-state index in [9.17, 15) is 21.6 Å². The Kier molecular flexibility index (Phi) is 5.69. The van der Waals surface area contributed by atoms with Crippen molar-refractivity contribution in [3.63, 3.8) is 0 Å². The van der Waals surface area contributed by atoms with Crippen LogP contribution in [-0.2, 0) is 14.8 Å². The molecule has 0 aromatic heterocycles. The predicted molar refractivity (Wildman–Crippen MR) is 61.1 cm³/mol. The molecule has 1 aliphatic rings. The van der Waals surface area contributed by atoms with Gasteiger partial charge in [0.2, 0.25) is 10.0 Å². The first-order valence-corrected chi connectivity index (χ1v) is 7.60. The van der Waals surface area contributed by atoms with Crippen LogP contribution in [0, 0.1) is 0 Å². The van der Waals surface area contributed by atoms with Crippen molar-refractivity contribution in [2.45, 2.75) is 25.1 Å². The Morgan fingerprint density at radius 1 is 1.39 bits per heavy atom. The fraction of sp³-hybridized carbons (Fsp3) is 1.00. The molecule has 0 saturated carbocycles. The Morgan fingerprint density at radius 2 is 2.06 bits per heavy atom. The minimum Gasteiger partial charge on any atom is -0.378 e. The number of hydrogen-bond acceptors (Lipinski definition) is 3. The van der Waals surface area contributed by atoms with Crippen LogP contribution in [0.3, 0.4) is 0 Å². The second kappa shape index (κ2) is 6.40. The summed E-state index contributed by atoms with van der Waals surface area (Å²) in [5.74, 6) is -0.446. The lowest BCUT2D eigenvalue weighted by atomic mass is 10.3. The standard InChI is InChI=1S/C9H15ClF3NO3S/c10-6-8-7-17-4-3-14(8)18(15,16)5-1-2-9(11,12)13/h8H,1-7H2. The highest BCUT2D eigenvalue weighted by Crippen LogP contribution is 2.23. The van der Waals surface area contributed by atoms with Crippen LogP contribution in [-0.4, -0.2) is 56.3 Å². The first-order chi connectivity index (χ1) is 8.26. The van der Waals surface area contributed by atoms with Gasteiger partial charge in [-0.2, -0.15) is 17.5 Å². The molecule has 0 aromatic rings. The maximum Gasteiger partial charge on any atom is 0.389 e. The first kappa shape index (κ1) is 16.0. The van der Waals surface area contributed by atoms with Gasteiger partial charge in [0.1, 0.15) is 0 Å². The van der Waals surface area contributed by atoms with Crippen molar-refractivity contribution >= 4 is 21.6 Å². The van der Waals surface area contributed by atoms with E-state index in [1.807, 2.05) is 0 Å². The fourth-order valence-corrected chi connectivity index (χ4v) is 3.72. The second-order valence-corrected chi connectivity index (χ2v) is 6.38. The van der Waals surface area contributed by atoms with Crippen LogP contribution >= 0.6 is 11.6 Å². The SMILES string of the molecule is O=S(=O)(CCCC(F)(F)F)N1CCOCC1CCl. The van der Waals surface area contributed by atoms with Crippen LogP contribution < -0.4 is 0 Å². The molecule has 1 heterocycles. The van der Waals surface area contributed by atoms with Crippen molar-refractivity contribution in [3.05, 3.63) is 0 Å². The maximum absolute atomic E-state index is 12.0. The van der Waals surface area contributed by atoms with Crippen molar-refractivity contribution in [1.82, 2.24) is 4.31 Å². The molecule has 1 atom stereocenters. The molecule has 0 aliphatic carbocycles. The Labute approximate surface area is 109 Å². The molecule has 1 saturated heterocycles.